The van der Waals surface area contributed by atoms with Crippen LogP contribution in [-0.4, -0.2) is 27.2 Å². The summed E-state index contributed by atoms with van der Waals surface area (Å²) in [6.45, 7) is 4.46. The van der Waals surface area contributed by atoms with Crippen LogP contribution < -0.4 is 10.6 Å². The molecule has 1 aromatic carbocycles. The third-order valence-corrected chi connectivity index (χ3v) is 3.81. The highest BCUT2D eigenvalue weighted by Gasteiger charge is 2.10. The summed E-state index contributed by atoms with van der Waals surface area (Å²) < 4.78 is 22.9. The molecule has 19 heavy (non-hydrogen) atoms. The molecule has 0 aliphatic heterocycles. The Hall–Kier alpha value is -1.56. The molecule has 0 aromatic heterocycles. The summed E-state index contributed by atoms with van der Waals surface area (Å²) in [4.78, 5) is 11.8. The summed E-state index contributed by atoms with van der Waals surface area (Å²) in [5, 5.41) is 5.39. The maximum absolute atomic E-state index is 11.6. The Morgan fingerprint density at radius 1 is 1.32 bits per heavy atom. The van der Waals surface area contributed by atoms with E-state index in [-0.39, 0.29) is 10.9 Å². The van der Waals surface area contributed by atoms with Gasteiger partial charge >= 0.3 is 6.03 Å². The molecule has 6 heteroatoms. The second-order valence-corrected chi connectivity index (χ2v) is 6.50. The first-order valence-electron chi connectivity index (χ1n) is 6.20. The normalized spacial score (nSPS) is 11.1. The zero-order chi connectivity index (χ0) is 14.5. The van der Waals surface area contributed by atoms with E-state index in [4.69, 9.17) is 0 Å². The highest BCUT2D eigenvalue weighted by molar-refractivity contribution is 7.90. The van der Waals surface area contributed by atoms with Crippen molar-refractivity contribution in [3.63, 3.8) is 0 Å². The minimum atomic E-state index is -3.27. The summed E-state index contributed by atoms with van der Waals surface area (Å²) in [5.41, 5.74) is 1.33. The van der Waals surface area contributed by atoms with Gasteiger partial charge in [0.15, 0.2) is 9.84 Å². The van der Waals surface area contributed by atoms with Gasteiger partial charge in [0.1, 0.15) is 0 Å². The fourth-order valence-corrected chi connectivity index (χ4v) is 2.16. The average Bonchev–Trinajstić information content (AvgIpc) is 2.31. The zero-order valence-corrected chi connectivity index (χ0v) is 12.3. The highest BCUT2D eigenvalue weighted by Crippen LogP contribution is 2.20. The predicted octanol–water partition coefficient (Wildman–Crippen LogP) is 2.32. The van der Waals surface area contributed by atoms with Crippen LogP contribution in [0, 0.1) is 6.92 Å². The molecule has 1 rings (SSSR count). The summed E-state index contributed by atoms with van der Waals surface area (Å²) >= 11 is 0. The van der Waals surface area contributed by atoms with Gasteiger partial charge in [0.25, 0.3) is 0 Å². The number of carbonyl (C=O) groups excluding carboxylic acids is 1. The van der Waals surface area contributed by atoms with Crippen LogP contribution >= 0.6 is 0 Å². The molecular weight excluding hydrogens is 264 g/mol. The fraction of sp³-hybridized carbons (Fsp3) is 0.462. The van der Waals surface area contributed by atoms with Gasteiger partial charge in [-0.15, -0.1) is 0 Å². The van der Waals surface area contributed by atoms with Crippen molar-refractivity contribution in [2.24, 2.45) is 0 Å². The number of hydrogen-bond acceptors (Lipinski definition) is 3. The van der Waals surface area contributed by atoms with E-state index >= 15 is 0 Å². The molecule has 0 heterocycles. The number of urea groups is 1. The number of rotatable bonds is 5. The van der Waals surface area contributed by atoms with Gasteiger partial charge in [-0.05, 0) is 31.0 Å². The van der Waals surface area contributed by atoms with Crippen LogP contribution in [0.25, 0.3) is 0 Å². The van der Waals surface area contributed by atoms with Crippen LogP contribution in [0.15, 0.2) is 23.1 Å². The summed E-state index contributed by atoms with van der Waals surface area (Å²) in [7, 11) is -3.27. The third kappa shape index (κ3) is 4.90. The number of benzene rings is 1. The number of carbonyl (C=O) groups is 1. The van der Waals surface area contributed by atoms with Gasteiger partial charge in [-0.1, -0.05) is 19.4 Å². The van der Waals surface area contributed by atoms with Gasteiger partial charge in [-0.3, -0.25) is 0 Å². The number of nitrogens with one attached hydrogen (secondary N) is 2. The van der Waals surface area contributed by atoms with Crippen LogP contribution in [0.3, 0.4) is 0 Å². The van der Waals surface area contributed by atoms with E-state index in [1.54, 1.807) is 6.07 Å². The van der Waals surface area contributed by atoms with Crippen LogP contribution in [0.5, 0.6) is 0 Å². The number of hydrogen-bond donors (Lipinski definition) is 2. The summed E-state index contributed by atoms with van der Waals surface area (Å²) in [5.74, 6) is 0. The summed E-state index contributed by atoms with van der Waals surface area (Å²) in [6, 6.07) is 4.37. The molecule has 0 bridgehead atoms. The molecule has 0 saturated heterocycles. The zero-order valence-electron chi connectivity index (χ0n) is 11.5. The molecule has 5 nitrogen and oxygen atoms in total. The number of sulfone groups is 1. The van der Waals surface area contributed by atoms with Crippen molar-refractivity contribution in [1.29, 1.82) is 0 Å². The minimum absolute atomic E-state index is 0.196. The van der Waals surface area contributed by atoms with E-state index in [1.807, 2.05) is 13.8 Å². The van der Waals surface area contributed by atoms with Crippen LogP contribution in [-0.2, 0) is 9.84 Å². The SMILES string of the molecule is CCCCNC(=O)Nc1cc(S(C)(=O)=O)ccc1C. The largest absolute Gasteiger partial charge is 0.338 e. The Labute approximate surface area is 114 Å². The second kappa shape index (κ2) is 6.56. The molecule has 0 unspecified atom stereocenters. The van der Waals surface area contributed by atoms with Crippen LogP contribution in [0.1, 0.15) is 25.3 Å². The lowest BCUT2D eigenvalue weighted by Crippen LogP contribution is -2.29. The molecule has 0 saturated carbocycles. The number of amides is 2. The standard InChI is InChI=1S/C13H20N2O3S/c1-4-5-8-14-13(16)15-12-9-11(19(3,17)18)7-6-10(12)2/h6-7,9H,4-5,8H2,1-3H3,(H2,14,15,16). The lowest BCUT2D eigenvalue weighted by molar-refractivity contribution is 0.252. The Bertz CT molecular complexity index is 553. The van der Waals surface area contributed by atoms with Gasteiger partial charge in [-0.2, -0.15) is 0 Å². The Balaban J connectivity index is 2.80. The minimum Gasteiger partial charge on any atom is -0.338 e. The van der Waals surface area contributed by atoms with Crippen molar-refractivity contribution < 1.29 is 13.2 Å². The van der Waals surface area contributed by atoms with Crippen molar-refractivity contribution >= 4 is 21.6 Å². The van der Waals surface area contributed by atoms with Gasteiger partial charge in [-0.25, -0.2) is 13.2 Å². The molecule has 0 aliphatic rings. The quantitative estimate of drug-likeness (QED) is 0.815. The Morgan fingerprint density at radius 3 is 2.58 bits per heavy atom. The first-order chi connectivity index (χ1) is 8.84. The Morgan fingerprint density at radius 2 is 2.00 bits per heavy atom. The van der Waals surface area contributed by atoms with Gasteiger partial charge in [0, 0.05) is 18.5 Å². The number of anilines is 1. The monoisotopic (exact) mass is 284 g/mol. The molecule has 106 valence electrons. The van der Waals surface area contributed by atoms with E-state index in [9.17, 15) is 13.2 Å². The number of aryl methyl sites for hydroxylation is 1. The maximum Gasteiger partial charge on any atom is 0.319 e. The molecule has 1 aromatic rings. The molecule has 2 N–H and O–H groups in total. The van der Waals surface area contributed by atoms with Crippen LogP contribution in [0.4, 0.5) is 10.5 Å². The molecule has 0 radical (unpaired) electrons. The number of unbranched alkanes of at least 4 members (excludes halogenated alkanes) is 1. The molecule has 0 spiro atoms. The van der Waals surface area contributed by atoms with Crippen LogP contribution in [0.2, 0.25) is 0 Å². The van der Waals surface area contributed by atoms with Gasteiger partial charge in [0.2, 0.25) is 0 Å². The maximum atomic E-state index is 11.6. The van der Waals surface area contributed by atoms with Gasteiger partial charge < -0.3 is 10.6 Å². The predicted molar refractivity (Wildman–Crippen MR) is 76.2 cm³/mol. The molecule has 0 atom stereocenters. The van der Waals surface area contributed by atoms with Crippen molar-refractivity contribution in [2.75, 3.05) is 18.1 Å². The fourth-order valence-electron chi connectivity index (χ4n) is 1.51. The Kier molecular flexibility index (Phi) is 5.35. The van der Waals surface area contributed by atoms with Crippen molar-refractivity contribution in [3.8, 4) is 0 Å². The van der Waals surface area contributed by atoms with E-state index in [0.29, 0.717) is 12.2 Å². The first-order valence-corrected chi connectivity index (χ1v) is 8.09. The molecular formula is C13H20N2O3S. The summed E-state index contributed by atoms with van der Waals surface area (Å²) in [6.07, 6.45) is 3.06. The van der Waals surface area contributed by atoms with Crippen molar-refractivity contribution in [2.45, 2.75) is 31.6 Å². The van der Waals surface area contributed by atoms with Gasteiger partial charge in [0.05, 0.1) is 4.90 Å². The molecule has 0 aliphatic carbocycles. The molecule has 0 fully saturated rings. The third-order valence-electron chi connectivity index (χ3n) is 2.70. The van der Waals surface area contributed by atoms with E-state index in [0.717, 1.165) is 24.7 Å². The lowest BCUT2D eigenvalue weighted by Gasteiger charge is -2.11. The first kappa shape index (κ1) is 15.5. The second-order valence-electron chi connectivity index (χ2n) is 4.48. The molecule has 2 amide bonds. The van der Waals surface area contributed by atoms with E-state index < -0.39 is 9.84 Å². The van der Waals surface area contributed by atoms with Crippen molar-refractivity contribution in [1.82, 2.24) is 5.32 Å². The highest BCUT2D eigenvalue weighted by atomic mass is 32.2. The van der Waals surface area contributed by atoms with Crippen molar-refractivity contribution in [3.05, 3.63) is 23.8 Å². The smallest absolute Gasteiger partial charge is 0.319 e. The average molecular weight is 284 g/mol. The van der Waals surface area contributed by atoms with E-state index in [1.165, 1.54) is 12.1 Å². The van der Waals surface area contributed by atoms with E-state index in [2.05, 4.69) is 10.6 Å². The topological polar surface area (TPSA) is 75.3 Å². The lowest BCUT2D eigenvalue weighted by atomic mass is 10.2.